The predicted molar refractivity (Wildman–Crippen MR) is 84.0 cm³/mol. The fourth-order valence-corrected chi connectivity index (χ4v) is 4.26. The van der Waals surface area contributed by atoms with Crippen LogP contribution in [0.1, 0.15) is 54.6 Å². The first kappa shape index (κ1) is 15.4. The van der Waals surface area contributed by atoms with Crippen molar-refractivity contribution >= 4 is 11.9 Å². The van der Waals surface area contributed by atoms with E-state index in [0.29, 0.717) is 69.4 Å². The monoisotopic (exact) mass is 335 g/mol. The molecule has 2 bridgehead atoms. The zero-order chi connectivity index (χ0) is 16.9. The van der Waals surface area contributed by atoms with Crippen molar-refractivity contribution in [2.75, 3.05) is 6.54 Å². The smallest absolute Gasteiger partial charge is 0.315 e. The molecule has 0 radical (unpaired) electrons. The zero-order valence-electron chi connectivity index (χ0n) is 13.6. The summed E-state index contributed by atoms with van der Waals surface area (Å²) in [5, 5.41) is 7.39. The molecule has 130 valence electrons. The van der Waals surface area contributed by atoms with Gasteiger partial charge in [-0.1, -0.05) is 0 Å². The van der Waals surface area contributed by atoms with Crippen LogP contribution in [-0.4, -0.2) is 44.4 Å². The predicted octanol–water partition coefficient (Wildman–Crippen LogP) is 1.32. The maximum absolute atomic E-state index is 14.3. The Morgan fingerprint density at radius 1 is 1.17 bits per heavy atom. The number of carbonyl (C=O) groups is 2. The van der Waals surface area contributed by atoms with Gasteiger partial charge in [-0.25, -0.2) is 9.18 Å². The number of amides is 3. The molecule has 3 saturated carbocycles. The van der Waals surface area contributed by atoms with Crippen LogP contribution in [0.2, 0.25) is 0 Å². The third kappa shape index (κ3) is 2.44. The molecule has 1 aromatic rings. The van der Waals surface area contributed by atoms with Gasteiger partial charge in [-0.05, 0) is 38.5 Å². The first-order valence-electron chi connectivity index (χ1n) is 8.50. The van der Waals surface area contributed by atoms with Crippen molar-refractivity contribution in [2.45, 2.75) is 62.8 Å². The minimum atomic E-state index is -1.02. The molecule has 7 nitrogen and oxygen atoms in total. The Bertz CT molecular complexity index is 676. The zero-order valence-corrected chi connectivity index (χ0v) is 13.6. The number of hydrogen-bond acceptors (Lipinski definition) is 3. The van der Waals surface area contributed by atoms with Crippen LogP contribution in [-0.2, 0) is 13.1 Å². The molecule has 4 aliphatic rings. The van der Waals surface area contributed by atoms with E-state index in [4.69, 9.17) is 5.73 Å². The number of rotatable bonds is 2. The van der Waals surface area contributed by atoms with E-state index in [1.807, 2.05) is 0 Å². The van der Waals surface area contributed by atoms with Crippen LogP contribution in [0.5, 0.6) is 0 Å². The van der Waals surface area contributed by atoms with E-state index in [-0.39, 0.29) is 11.4 Å². The van der Waals surface area contributed by atoms with Gasteiger partial charge in [0.1, 0.15) is 5.67 Å². The molecule has 3 aliphatic carbocycles. The van der Waals surface area contributed by atoms with Gasteiger partial charge >= 0.3 is 6.03 Å². The van der Waals surface area contributed by atoms with E-state index >= 15 is 0 Å². The molecular formula is C16H22FN5O2. The van der Waals surface area contributed by atoms with Gasteiger partial charge in [0.2, 0.25) is 0 Å². The number of urea groups is 1. The number of halogens is 1. The van der Waals surface area contributed by atoms with E-state index in [1.165, 1.54) is 4.90 Å². The number of nitrogens with two attached hydrogens (primary N) is 1. The van der Waals surface area contributed by atoms with Gasteiger partial charge in [0.25, 0.3) is 5.91 Å². The van der Waals surface area contributed by atoms with Gasteiger partial charge in [-0.15, -0.1) is 0 Å². The third-order valence-electron chi connectivity index (χ3n) is 5.96. The topological polar surface area (TPSA) is 93.2 Å². The Balaban J connectivity index is 1.52. The van der Waals surface area contributed by atoms with Crippen LogP contribution in [0.25, 0.3) is 0 Å². The summed E-state index contributed by atoms with van der Waals surface area (Å²) in [5.41, 5.74) is 5.23. The third-order valence-corrected chi connectivity index (χ3v) is 5.96. The van der Waals surface area contributed by atoms with Gasteiger partial charge in [0, 0.05) is 12.1 Å². The fraction of sp³-hybridized carbons (Fsp3) is 0.688. The second-order valence-corrected chi connectivity index (χ2v) is 7.37. The maximum Gasteiger partial charge on any atom is 0.315 e. The van der Waals surface area contributed by atoms with Gasteiger partial charge in [-0.3, -0.25) is 9.48 Å². The summed E-state index contributed by atoms with van der Waals surface area (Å²) in [5.74, 6) is -0.184. The number of fused-ring (bicyclic) bond motifs is 4. The number of carbonyl (C=O) groups excluding carboxylic acids is 2. The number of nitrogens with one attached hydrogen (secondary N) is 1. The van der Waals surface area contributed by atoms with Crippen molar-refractivity contribution in [2.24, 2.45) is 5.73 Å². The summed E-state index contributed by atoms with van der Waals surface area (Å²) in [6.07, 6.45) is 5.18. The molecule has 8 heteroatoms. The standard InChI is InChI=1S/C16H22FN5O2/c17-15-1-4-16(5-2-15,6-3-15)20-13(23)11-9-19-22-8-7-21(14(18)24)10-12(11)22/h9H,1-8,10H2,(H2,18,24)(H,20,23). The Labute approximate surface area is 139 Å². The molecule has 24 heavy (non-hydrogen) atoms. The number of hydrogen-bond donors (Lipinski definition) is 2. The summed E-state index contributed by atoms with van der Waals surface area (Å²) in [6, 6.07) is -0.494. The number of primary amides is 1. The highest BCUT2D eigenvalue weighted by Gasteiger charge is 2.49. The number of nitrogens with zero attached hydrogens (tertiary/aromatic N) is 3. The number of aromatic nitrogens is 2. The highest BCUT2D eigenvalue weighted by Crippen LogP contribution is 2.49. The van der Waals surface area contributed by atoms with Crippen LogP contribution >= 0.6 is 0 Å². The molecule has 3 fully saturated rings. The lowest BCUT2D eigenvalue weighted by atomic mass is 9.64. The SMILES string of the molecule is NC(=O)N1CCn2ncc(C(=O)NC34CCC(F)(CC3)CC4)c2C1. The van der Waals surface area contributed by atoms with E-state index in [1.54, 1.807) is 10.9 Å². The minimum Gasteiger partial charge on any atom is -0.351 e. The molecule has 0 spiro atoms. The van der Waals surface area contributed by atoms with E-state index in [2.05, 4.69) is 10.4 Å². The largest absolute Gasteiger partial charge is 0.351 e. The lowest BCUT2D eigenvalue weighted by molar-refractivity contribution is -0.00654. The van der Waals surface area contributed by atoms with Gasteiger partial charge < -0.3 is 16.0 Å². The molecule has 0 atom stereocenters. The van der Waals surface area contributed by atoms with Crippen molar-refractivity contribution in [3.63, 3.8) is 0 Å². The van der Waals surface area contributed by atoms with Gasteiger partial charge in [0.05, 0.1) is 30.5 Å². The van der Waals surface area contributed by atoms with Crippen molar-refractivity contribution < 1.29 is 14.0 Å². The lowest BCUT2D eigenvalue weighted by Crippen LogP contribution is -2.57. The Hall–Kier alpha value is -2.12. The second-order valence-electron chi connectivity index (χ2n) is 7.37. The highest BCUT2D eigenvalue weighted by molar-refractivity contribution is 5.95. The van der Waals surface area contributed by atoms with Crippen LogP contribution in [0.3, 0.4) is 0 Å². The fourth-order valence-electron chi connectivity index (χ4n) is 4.26. The van der Waals surface area contributed by atoms with Crippen molar-refractivity contribution in [3.05, 3.63) is 17.5 Å². The molecule has 5 rings (SSSR count). The van der Waals surface area contributed by atoms with Gasteiger partial charge in [0.15, 0.2) is 0 Å². The van der Waals surface area contributed by atoms with Gasteiger partial charge in [-0.2, -0.15) is 5.10 Å². The second kappa shape index (κ2) is 5.19. The Kier molecular flexibility index (Phi) is 3.33. The Morgan fingerprint density at radius 3 is 2.46 bits per heavy atom. The van der Waals surface area contributed by atoms with E-state index in [0.717, 1.165) is 0 Å². The highest BCUT2D eigenvalue weighted by atomic mass is 19.1. The lowest BCUT2D eigenvalue weighted by Gasteiger charge is -2.49. The molecule has 0 aromatic carbocycles. The molecule has 1 aliphatic heterocycles. The quantitative estimate of drug-likeness (QED) is 0.853. The summed E-state index contributed by atoms with van der Waals surface area (Å²) >= 11 is 0. The maximum atomic E-state index is 14.3. The minimum absolute atomic E-state index is 0.184. The first-order valence-corrected chi connectivity index (χ1v) is 8.50. The average Bonchev–Trinajstić information content (AvgIpc) is 2.99. The molecule has 2 heterocycles. The summed E-state index contributed by atoms with van der Waals surface area (Å²) in [4.78, 5) is 25.7. The average molecular weight is 335 g/mol. The van der Waals surface area contributed by atoms with Crippen LogP contribution in [0.15, 0.2) is 6.20 Å². The molecule has 1 aromatic heterocycles. The first-order chi connectivity index (χ1) is 11.4. The number of alkyl halides is 1. The molecule has 0 unspecified atom stereocenters. The summed E-state index contributed by atoms with van der Waals surface area (Å²) in [7, 11) is 0. The van der Waals surface area contributed by atoms with Crippen molar-refractivity contribution in [1.29, 1.82) is 0 Å². The molecular weight excluding hydrogens is 313 g/mol. The van der Waals surface area contributed by atoms with Crippen LogP contribution in [0, 0.1) is 0 Å². The molecule has 3 N–H and O–H groups in total. The summed E-state index contributed by atoms with van der Waals surface area (Å²) < 4.78 is 16.0. The van der Waals surface area contributed by atoms with Crippen molar-refractivity contribution in [3.8, 4) is 0 Å². The van der Waals surface area contributed by atoms with E-state index in [9.17, 15) is 14.0 Å². The summed E-state index contributed by atoms with van der Waals surface area (Å²) in [6.45, 7) is 1.31. The van der Waals surface area contributed by atoms with Crippen LogP contribution in [0.4, 0.5) is 9.18 Å². The van der Waals surface area contributed by atoms with Crippen LogP contribution < -0.4 is 11.1 Å². The Morgan fingerprint density at radius 2 is 1.83 bits per heavy atom. The van der Waals surface area contributed by atoms with Crippen molar-refractivity contribution in [1.82, 2.24) is 20.0 Å². The molecule has 3 amide bonds. The molecule has 0 saturated heterocycles. The van der Waals surface area contributed by atoms with E-state index < -0.39 is 11.7 Å². The normalized spacial score (nSPS) is 31.6.